The number of hydrogen-bond acceptors (Lipinski definition) is 6. The first-order valence-corrected chi connectivity index (χ1v) is 12.4. The normalized spacial score (nSPS) is 19.3. The summed E-state index contributed by atoms with van der Waals surface area (Å²) in [5.74, 6) is -2.35. The summed E-state index contributed by atoms with van der Waals surface area (Å²) in [6.45, 7) is 9.41. The highest BCUT2D eigenvalue weighted by Gasteiger charge is 2.42. The van der Waals surface area contributed by atoms with Crippen LogP contribution in [0.15, 0.2) is 25.3 Å². The van der Waals surface area contributed by atoms with Crippen LogP contribution in [-0.2, 0) is 23.9 Å². The highest BCUT2D eigenvalue weighted by atomic mass is 16.5. The van der Waals surface area contributed by atoms with E-state index in [2.05, 4.69) is 29.1 Å². The van der Waals surface area contributed by atoms with Gasteiger partial charge in [-0.2, -0.15) is 0 Å². The van der Waals surface area contributed by atoms with Crippen LogP contribution in [-0.4, -0.2) is 72.3 Å². The second kappa shape index (κ2) is 14.3. The average Bonchev–Trinajstić information content (AvgIpc) is 3.56. The van der Waals surface area contributed by atoms with Crippen LogP contribution >= 0.6 is 0 Å². The Bertz CT molecular complexity index is 808. The molecule has 194 valence electrons. The molecular weight excluding hydrogens is 452 g/mol. The maximum absolute atomic E-state index is 13.5. The van der Waals surface area contributed by atoms with Crippen molar-refractivity contribution >= 4 is 29.6 Å². The van der Waals surface area contributed by atoms with E-state index >= 15 is 0 Å². The third-order valence-electron chi connectivity index (χ3n) is 6.42. The number of carbonyl (C=O) groups excluding carboxylic acids is 5. The second-order valence-electron chi connectivity index (χ2n) is 8.96. The Hall–Kier alpha value is -3.17. The van der Waals surface area contributed by atoms with Gasteiger partial charge in [0.05, 0.1) is 6.04 Å². The molecule has 10 nitrogen and oxygen atoms in total. The summed E-state index contributed by atoms with van der Waals surface area (Å²) < 4.78 is 5.02. The zero-order chi connectivity index (χ0) is 25.8. The molecule has 10 heteroatoms. The molecule has 35 heavy (non-hydrogen) atoms. The molecule has 2 rings (SSSR count). The van der Waals surface area contributed by atoms with Crippen LogP contribution < -0.4 is 16.0 Å². The fourth-order valence-electron chi connectivity index (χ4n) is 4.69. The Morgan fingerprint density at radius 1 is 1.03 bits per heavy atom. The van der Waals surface area contributed by atoms with E-state index in [4.69, 9.17) is 4.74 Å². The van der Waals surface area contributed by atoms with Crippen LogP contribution in [0.3, 0.4) is 0 Å². The standard InChI is InChI=1S/C25H38N4O6/c1-4-10-18(21(30)23(32)26-14-5-2)27-22(31)19-13-9-15-29(19)24(33)20(17-11-7-8-12-17)28-25(34)35-16-6-3/h5-6,17-20H,2-4,7-16H2,1H3,(H,26,32)(H,27,31)(H,28,34)/t18?,19?,20-/m0/s1. The first-order chi connectivity index (χ1) is 16.8. The van der Waals surface area contributed by atoms with E-state index in [1.54, 1.807) is 0 Å². The minimum Gasteiger partial charge on any atom is -0.445 e. The van der Waals surface area contributed by atoms with Crippen LogP contribution in [0, 0.1) is 5.92 Å². The highest BCUT2D eigenvalue weighted by molar-refractivity contribution is 6.38. The van der Waals surface area contributed by atoms with E-state index in [0.29, 0.717) is 32.2 Å². The van der Waals surface area contributed by atoms with Gasteiger partial charge in [-0.15, -0.1) is 6.58 Å². The molecule has 0 spiro atoms. The lowest BCUT2D eigenvalue weighted by molar-refractivity contribution is -0.143. The first-order valence-electron chi connectivity index (χ1n) is 12.4. The molecule has 0 aromatic carbocycles. The van der Waals surface area contributed by atoms with E-state index in [9.17, 15) is 24.0 Å². The summed E-state index contributed by atoms with van der Waals surface area (Å²) in [4.78, 5) is 65.1. The molecule has 2 fully saturated rings. The number of nitrogens with one attached hydrogen (secondary N) is 3. The van der Waals surface area contributed by atoms with Crippen molar-refractivity contribution in [1.29, 1.82) is 0 Å². The fraction of sp³-hybridized carbons (Fsp3) is 0.640. The maximum atomic E-state index is 13.5. The molecular formula is C25H38N4O6. The van der Waals surface area contributed by atoms with Crippen molar-refractivity contribution in [2.45, 2.75) is 76.4 Å². The van der Waals surface area contributed by atoms with Gasteiger partial charge in [0.15, 0.2) is 0 Å². The lowest BCUT2D eigenvalue weighted by atomic mass is 9.96. The quantitative estimate of drug-likeness (QED) is 0.265. The SMILES string of the molecule is C=CCNC(=O)C(=O)C(CCC)NC(=O)C1CCCN1C(=O)[C@@H](NC(=O)OCC=C)C1CCCC1. The van der Waals surface area contributed by atoms with E-state index < -0.39 is 41.8 Å². The smallest absolute Gasteiger partial charge is 0.408 e. The maximum Gasteiger partial charge on any atom is 0.408 e. The lowest BCUT2D eigenvalue weighted by Crippen LogP contribution is -2.57. The number of ether oxygens (including phenoxy) is 1. The molecule has 0 radical (unpaired) electrons. The van der Waals surface area contributed by atoms with Crippen molar-refractivity contribution in [3.8, 4) is 0 Å². The van der Waals surface area contributed by atoms with Crippen LogP contribution in [0.4, 0.5) is 4.79 Å². The molecule has 1 saturated carbocycles. The van der Waals surface area contributed by atoms with Crippen LogP contribution in [0.5, 0.6) is 0 Å². The topological polar surface area (TPSA) is 134 Å². The van der Waals surface area contributed by atoms with Gasteiger partial charge in [-0.25, -0.2) is 4.79 Å². The number of hydrogen-bond donors (Lipinski definition) is 3. The minimum absolute atomic E-state index is 0.0272. The largest absolute Gasteiger partial charge is 0.445 e. The number of ketones is 1. The van der Waals surface area contributed by atoms with Gasteiger partial charge in [0.1, 0.15) is 18.7 Å². The van der Waals surface area contributed by atoms with Gasteiger partial charge in [-0.05, 0) is 38.0 Å². The molecule has 1 aliphatic heterocycles. The Morgan fingerprint density at radius 2 is 1.74 bits per heavy atom. The Morgan fingerprint density at radius 3 is 2.37 bits per heavy atom. The van der Waals surface area contributed by atoms with Crippen molar-refractivity contribution in [2.75, 3.05) is 19.7 Å². The van der Waals surface area contributed by atoms with Crippen molar-refractivity contribution in [1.82, 2.24) is 20.9 Å². The number of rotatable bonds is 13. The summed E-state index contributed by atoms with van der Waals surface area (Å²) in [7, 11) is 0. The summed E-state index contributed by atoms with van der Waals surface area (Å²) in [6.07, 6.45) is 7.68. The summed E-state index contributed by atoms with van der Waals surface area (Å²) in [5.41, 5.74) is 0. The number of carbonyl (C=O) groups is 5. The van der Waals surface area contributed by atoms with Gasteiger partial charge in [0.25, 0.3) is 5.91 Å². The molecule has 0 aromatic rings. The van der Waals surface area contributed by atoms with Gasteiger partial charge >= 0.3 is 6.09 Å². The van der Waals surface area contributed by atoms with Gasteiger partial charge < -0.3 is 25.6 Å². The van der Waals surface area contributed by atoms with Gasteiger partial charge in [-0.1, -0.05) is 44.9 Å². The Balaban J connectivity index is 2.12. The van der Waals surface area contributed by atoms with Crippen molar-refractivity contribution in [2.24, 2.45) is 5.92 Å². The number of amides is 4. The summed E-state index contributed by atoms with van der Waals surface area (Å²) in [5, 5.41) is 7.82. The first kappa shape index (κ1) is 28.1. The van der Waals surface area contributed by atoms with Crippen molar-refractivity contribution < 1.29 is 28.7 Å². The Labute approximate surface area is 206 Å². The van der Waals surface area contributed by atoms with Crippen molar-refractivity contribution in [3.05, 3.63) is 25.3 Å². The molecule has 1 heterocycles. The third kappa shape index (κ3) is 7.93. The number of nitrogens with zero attached hydrogens (tertiary/aromatic N) is 1. The predicted octanol–water partition coefficient (Wildman–Crippen LogP) is 1.60. The van der Waals surface area contributed by atoms with Gasteiger partial charge in [0, 0.05) is 13.1 Å². The fourth-order valence-corrected chi connectivity index (χ4v) is 4.69. The number of likely N-dealkylation sites (tertiary alicyclic amines) is 1. The monoisotopic (exact) mass is 490 g/mol. The number of Topliss-reactive ketones (excluding diaryl/α,β-unsaturated/α-hetero) is 1. The zero-order valence-corrected chi connectivity index (χ0v) is 20.6. The predicted molar refractivity (Wildman–Crippen MR) is 130 cm³/mol. The molecule has 0 bridgehead atoms. The minimum atomic E-state index is -0.979. The summed E-state index contributed by atoms with van der Waals surface area (Å²) in [6, 6.07) is -2.55. The molecule has 3 atom stereocenters. The van der Waals surface area contributed by atoms with Crippen LogP contribution in [0.1, 0.15) is 58.3 Å². The van der Waals surface area contributed by atoms with E-state index in [-0.39, 0.29) is 25.0 Å². The third-order valence-corrected chi connectivity index (χ3v) is 6.42. The van der Waals surface area contributed by atoms with E-state index in [1.807, 2.05) is 6.92 Å². The van der Waals surface area contributed by atoms with Gasteiger partial charge in [0.2, 0.25) is 17.6 Å². The van der Waals surface area contributed by atoms with Crippen molar-refractivity contribution in [3.63, 3.8) is 0 Å². The molecule has 4 amide bonds. The number of alkyl carbamates (subject to hydrolysis) is 1. The average molecular weight is 491 g/mol. The van der Waals surface area contributed by atoms with Crippen LogP contribution in [0.2, 0.25) is 0 Å². The van der Waals surface area contributed by atoms with E-state index in [1.165, 1.54) is 17.1 Å². The van der Waals surface area contributed by atoms with Crippen LogP contribution in [0.25, 0.3) is 0 Å². The molecule has 2 aliphatic rings. The molecule has 1 aliphatic carbocycles. The second-order valence-corrected chi connectivity index (χ2v) is 8.96. The molecule has 2 unspecified atom stereocenters. The van der Waals surface area contributed by atoms with E-state index in [0.717, 1.165) is 25.7 Å². The zero-order valence-electron chi connectivity index (χ0n) is 20.6. The lowest BCUT2D eigenvalue weighted by Gasteiger charge is -2.31. The molecule has 0 aromatic heterocycles. The molecule has 1 saturated heterocycles. The highest BCUT2D eigenvalue weighted by Crippen LogP contribution is 2.30. The van der Waals surface area contributed by atoms with Gasteiger partial charge in [-0.3, -0.25) is 19.2 Å². The Kier molecular flexibility index (Phi) is 11.5. The molecule has 3 N–H and O–H groups in total. The summed E-state index contributed by atoms with van der Waals surface area (Å²) >= 11 is 0.